The van der Waals surface area contributed by atoms with Crippen LogP contribution in [0.5, 0.6) is 0 Å². The smallest absolute Gasteiger partial charge is 0.387 e. The van der Waals surface area contributed by atoms with Crippen molar-refractivity contribution in [3.63, 3.8) is 0 Å². The van der Waals surface area contributed by atoms with Crippen molar-refractivity contribution in [2.45, 2.75) is 39.8 Å². The molecule has 0 aliphatic carbocycles. The minimum Gasteiger partial charge on any atom is -0.387 e. The van der Waals surface area contributed by atoms with Gasteiger partial charge in [0.05, 0.1) is 17.5 Å². The average Bonchev–Trinajstić information content (AvgIpc) is 3.24. The van der Waals surface area contributed by atoms with Crippen molar-refractivity contribution in [3.05, 3.63) is 63.0 Å². The van der Waals surface area contributed by atoms with Gasteiger partial charge < -0.3 is 9.73 Å². The van der Waals surface area contributed by atoms with Gasteiger partial charge in [-0.1, -0.05) is 29.8 Å². The number of hydrogen-bond donors (Lipinski definition) is 1. The summed E-state index contributed by atoms with van der Waals surface area (Å²) in [7, 11) is 0. The SMILES string of the molecule is Cc1ccc(C)c(C(C)NC(=O)CCn2nc(-c3cccs3)oc2=O)c1. The first-order valence-electron chi connectivity index (χ1n) is 8.42. The van der Waals surface area contributed by atoms with Crippen molar-refractivity contribution in [3.8, 4) is 10.8 Å². The van der Waals surface area contributed by atoms with Crippen molar-refractivity contribution in [1.82, 2.24) is 15.1 Å². The second kappa shape index (κ2) is 7.70. The largest absolute Gasteiger partial charge is 0.437 e. The summed E-state index contributed by atoms with van der Waals surface area (Å²) in [5.41, 5.74) is 3.38. The van der Waals surface area contributed by atoms with Gasteiger partial charge >= 0.3 is 5.76 Å². The summed E-state index contributed by atoms with van der Waals surface area (Å²) in [6.07, 6.45) is 0.158. The normalized spacial score (nSPS) is 12.1. The summed E-state index contributed by atoms with van der Waals surface area (Å²) in [6.45, 7) is 6.19. The van der Waals surface area contributed by atoms with Gasteiger partial charge in [-0.15, -0.1) is 16.4 Å². The van der Waals surface area contributed by atoms with E-state index in [0.29, 0.717) is 0 Å². The molecule has 7 heteroatoms. The Hall–Kier alpha value is -2.67. The van der Waals surface area contributed by atoms with E-state index >= 15 is 0 Å². The highest BCUT2D eigenvalue weighted by Crippen LogP contribution is 2.21. The number of carbonyl (C=O) groups excluding carboxylic acids is 1. The molecular weight excluding hydrogens is 350 g/mol. The maximum absolute atomic E-state index is 12.3. The minimum absolute atomic E-state index is 0.0990. The molecule has 136 valence electrons. The monoisotopic (exact) mass is 371 g/mol. The third kappa shape index (κ3) is 4.11. The maximum atomic E-state index is 12.3. The van der Waals surface area contributed by atoms with Crippen molar-refractivity contribution in [2.75, 3.05) is 0 Å². The number of aryl methyl sites for hydroxylation is 3. The van der Waals surface area contributed by atoms with Crippen LogP contribution < -0.4 is 11.1 Å². The van der Waals surface area contributed by atoms with E-state index in [4.69, 9.17) is 4.42 Å². The molecule has 0 fully saturated rings. The first-order valence-corrected chi connectivity index (χ1v) is 9.30. The van der Waals surface area contributed by atoms with E-state index in [2.05, 4.69) is 22.5 Å². The summed E-state index contributed by atoms with van der Waals surface area (Å²) in [4.78, 5) is 24.9. The number of hydrogen-bond acceptors (Lipinski definition) is 5. The molecule has 2 heterocycles. The Morgan fingerprint density at radius 2 is 2.15 bits per heavy atom. The first kappa shape index (κ1) is 18.1. The van der Waals surface area contributed by atoms with Crippen LogP contribution in [0, 0.1) is 13.8 Å². The molecule has 6 nitrogen and oxygen atoms in total. The number of aromatic nitrogens is 2. The second-order valence-electron chi connectivity index (χ2n) is 6.27. The number of thiophene rings is 1. The lowest BCUT2D eigenvalue weighted by Crippen LogP contribution is -2.29. The maximum Gasteiger partial charge on any atom is 0.437 e. The first-order chi connectivity index (χ1) is 12.4. The van der Waals surface area contributed by atoms with Gasteiger partial charge in [0.15, 0.2) is 0 Å². The molecule has 2 aromatic heterocycles. The molecule has 0 bridgehead atoms. The fourth-order valence-corrected chi connectivity index (χ4v) is 3.42. The molecule has 0 radical (unpaired) electrons. The fraction of sp³-hybridized carbons (Fsp3) is 0.316. The van der Waals surface area contributed by atoms with E-state index in [9.17, 15) is 9.59 Å². The summed E-state index contributed by atoms with van der Waals surface area (Å²) in [6, 6.07) is 9.78. The lowest BCUT2D eigenvalue weighted by Gasteiger charge is -2.17. The lowest BCUT2D eigenvalue weighted by molar-refractivity contribution is -0.122. The van der Waals surface area contributed by atoms with Crippen LogP contribution in [0.4, 0.5) is 0 Å². The Morgan fingerprint density at radius 3 is 2.88 bits per heavy atom. The zero-order valence-electron chi connectivity index (χ0n) is 15.0. The number of benzene rings is 1. The van der Waals surface area contributed by atoms with E-state index in [1.54, 1.807) is 0 Å². The van der Waals surface area contributed by atoms with Crippen molar-refractivity contribution in [2.24, 2.45) is 0 Å². The number of nitrogens with one attached hydrogen (secondary N) is 1. The highest BCUT2D eigenvalue weighted by Gasteiger charge is 2.15. The minimum atomic E-state index is -0.552. The Labute approximate surface area is 155 Å². The number of nitrogens with zero attached hydrogens (tertiary/aromatic N) is 2. The standard InChI is InChI=1S/C19H21N3O3S/c1-12-6-7-13(2)15(11-12)14(3)20-17(23)8-9-22-19(24)25-18(21-22)16-5-4-10-26-16/h4-7,10-11,14H,8-9H2,1-3H3,(H,20,23). The number of amides is 1. The van der Waals surface area contributed by atoms with Gasteiger partial charge in [-0.05, 0) is 43.3 Å². The molecule has 3 rings (SSSR count). The van der Waals surface area contributed by atoms with Crippen molar-refractivity contribution >= 4 is 17.2 Å². The molecule has 1 amide bonds. The van der Waals surface area contributed by atoms with Crippen LogP contribution >= 0.6 is 11.3 Å². The third-order valence-corrected chi connectivity index (χ3v) is 5.03. The molecule has 3 aromatic rings. The van der Waals surface area contributed by atoms with Crippen LogP contribution in [0.15, 0.2) is 44.9 Å². The van der Waals surface area contributed by atoms with Crippen LogP contribution in [-0.4, -0.2) is 15.7 Å². The average molecular weight is 371 g/mol. The predicted molar refractivity (Wildman–Crippen MR) is 101 cm³/mol. The Balaban J connectivity index is 1.61. The summed E-state index contributed by atoms with van der Waals surface area (Å²) >= 11 is 1.44. The quantitative estimate of drug-likeness (QED) is 0.720. The van der Waals surface area contributed by atoms with Gasteiger partial charge in [0.2, 0.25) is 5.91 Å². The van der Waals surface area contributed by atoms with Crippen molar-refractivity contribution in [1.29, 1.82) is 0 Å². The van der Waals surface area contributed by atoms with Gasteiger partial charge in [-0.3, -0.25) is 4.79 Å². The van der Waals surface area contributed by atoms with Crippen LogP contribution in [0.3, 0.4) is 0 Å². The van der Waals surface area contributed by atoms with E-state index in [0.717, 1.165) is 21.6 Å². The number of carbonyl (C=O) groups is 1. The molecule has 26 heavy (non-hydrogen) atoms. The molecule has 0 saturated heterocycles. The Morgan fingerprint density at radius 1 is 1.35 bits per heavy atom. The zero-order chi connectivity index (χ0) is 18.7. The van der Waals surface area contributed by atoms with Gasteiger partial charge in [-0.25, -0.2) is 4.79 Å². The van der Waals surface area contributed by atoms with E-state index < -0.39 is 5.76 Å². The van der Waals surface area contributed by atoms with E-state index in [1.165, 1.54) is 16.0 Å². The summed E-state index contributed by atoms with van der Waals surface area (Å²) in [5, 5.41) is 9.02. The lowest BCUT2D eigenvalue weighted by atomic mass is 10.00. The van der Waals surface area contributed by atoms with E-state index in [-0.39, 0.29) is 30.8 Å². The zero-order valence-corrected chi connectivity index (χ0v) is 15.8. The summed E-state index contributed by atoms with van der Waals surface area (Å²) < 4.78 is 6.34. The van der Waals surface area contributed by atoms with Crippen LogP contribution in [0.1, 0.15) is 36.1 Å². The third-order valence-electron chi connectivity index (χ3n) is 4.17. The van der Waals surface area contributed by atoms with Gasteiger partial charge in [0.1, 0.15) is 0 Å². The van der Waals surface area contributed by atoms with Crippen LogP contribution in [-0.2, 0) is 11.3 Å². The van der Waals surface area contributed by atoms with Crippen LogP contribution in [0.2, 0.25) is 0 Å². The molecule has 0 aliphatic heterocycles. The fourth-order valence-electron chi connectivity index (χ4n) is 2.77. The van der Waals surface area contributed by atoms with Gasteiger partial charge in [-0.2, -0.15) is 4.68 Å². The molecule has 1 atom stereocenters. The summed E-state index contributed by atoms with van der Waals surface area (Å²) in [5.74, 6) is -0.399. The molecule has 0 aliphatic rings. The topological polar surface area (TPSA) is 77.1 Å². The second-order valence-corrected chi connectivity index (χ2v) is 7.22. The molecule has 1 N–H and O–H groups in total. The molecule has 0 spiro atoms. The van der Waals surface area contributed by atoms with Crippen molar-refractivity contribution < 1.29 is 9.21 Å². The Kier molecular flexibility index (Phi) is 5.37. The molecule has 0 saturated carbocycles. The molecule has 1 aromatic carbocycles. The van der Waals surface area contributed by atoms with Gasteiger partial charge in [0, 0.05) is 6.42 Å². The van der Waals surface area contributed by atoms with Gasteiger partial charge in [0.25, 0.3) is 5.89 Å². The van der Waals surface area contributed by atoms with E-state index in [1.807, 2.05) is 44.4 Å². The predicted octanol–water partition coefficient (Wildman–Crippen LogP) is 3.45. The Bertz CT molecular complexity index is 957. The highest BCUT2D eigenvalue weighted by atomic mass is 32.1. The molecule has 1 unspecified atom stereocenters. The number of rotatable bonds is 6. The van der Waals surface area contributed by atoms with Crippen LogP contribution in [0.25, 0.3) is 10.8 Å². The highest BCUT2D eigenvalue weighted by molar-refractivity contribution is 7.13. The molecular formula is C19H21N3O3S.